The van der Waals surface area contributed by atoms with E-state index in [0.29, 0.717) is 32.6 Å². The van der Waals surface area contributed by atoms with Crippen molar-refractivity contribution in [3.05, 3.63) is 74.4 Å². The fourth-order valence-electron chi connectivity index (χ4n) is 2.47. The van der Waals surface area contributed by atoms with Gasteiger partial charge in [-0.2, -0.15) is 5.10 Å². The molecule has 0 amide bonds. The van der Waals surface area contributed by atoms with E-state index in [1.165, 1.54) is 29.1 Å². The normalized spacial score (nSPS) is 10.7. The number of hydrogen-bond donors (Lipinski definition) is 1. The molecular weight excluding hydrogens is 381 g/mol. The van der Waals surface area contributed by atoms with Gasteiger partial charge in [0, 0.05) is 29.5 Å². The monoisotopic (exact) mass is 391 g/mol. The molecule has 2 aromatic carbocycles. The van der Waals surface area contributed by atoms with Crippen LogP contribution >= 0.6 is 23.2 Å². The zero-order valence-corrected chi connectivity index (χ0v) is 14.6. The van der Waals surface area contributed by atoms with Gasteiger partial charge in [0.15, 0.2) is 0 Å². The molecule has 0 aliphatic carbocycles. The van der Waals surface area contributed by atoms with E-state index >= 15 is 0 Å². The van der Waals surface area contributed by atoms with Gasteiger partial charge in [-0.3, -0.25) is 14.9 Å². The number of carbonyl (C=O) groups is 1. The minimum absolute atomic E-state index is 0.0890. The van der Waals surface area contributed by atoms with Crippen molar-refractivity contribution in [2.45, 2.75) is 6.42 Å². The van der Waals surface area contributed by atoms with Crippen molar-refractivity contribution in [1.29, 1.82) is 0 Å². The van der Waals surface area contributed by atoms with Crippen molar-refractivity contribution >= 4 is 34.9 Å². The maximum atomic E-state index is 11.2. The largest absolute Gasteiger partial charge is 0.481 e. The molecule has 0 unspecified atom stereocenters. The number of carboxylic acid groups (broad SMARTS) is 1. The van der Waals surface area contributed by atoms with E-state index in [1.54, 1.807) is 24.3 Å². The number of aliphatic carboxylic acids is 1. The summed E-state index contributed by atoms with van der Waals surface area (Å²) in [5, 5.41) is 25.2. The lowest BCUT2D eigenvalue weighted by Gasteiger charge is -2.03. The zero-order valence-electron chi connectivity index (χ0n) is 13.1. The van der Waals surface area contributed by atoms with Gasteiger partial charge in [0.1, 0.15) is 0 Å². The van der Waals surface area contributed by atoms with Crippen molar-refractivity contribution < 1.29 is 14.8 Å². The summed E-state index contributed by atoms with van der Waals surface area (Å²) in [4.78, 5) is 21.6. The third-order valence-electron chi connectivity index (χ3n) is 3.63. The molecule has 0 radical (unpaired) electrons. The highest BCUT2D eigenvalue weighted by Gasteiger charge is 2.17. The molecule has 0 bridgehead atoms. The molecule has 26 heavy (non-hydrogen) atoms. The first-order valence-corrected chi connectivity index (χ1v) is 8.11. The number of rotatable bonds is 5. The van der Waals surface area contributed by atoms with E-state index in [-0.39, 0.29) is 12.1 Å². The van der Waals surface area contributed by atoms with E-state index in [4.69, 9.17) is 28.3 Å². The van der Waals surface area contributed by atoms with Gasteiger partial charge in [-0.15, -0.1) is 0 Å². The number of aromatic nitrogens is 2. The van der Waals surface area contributed by atoms with Crippen molar-refractivity contribution in [3.8, 4) is 16.9 Å². The summed E-state index contributed by atoms with van der Waals surface area (Å²) < 4.78 is 1.41. The van der Waals surface area contributed by atoms with E-state index in [1.807, 2.05) is 0 Å². The predicted molar refractivity (Wildman–Crippen MR) is 97.0 cm³/mol. The molecule has 0 aliphatic heterocycles. The third-order valence-corrected chi connectivity index (χ3v) is 4.37. The molecule has 132 valence electrons. The Balaban J connectivity index is 2.12. The average Bonchev–Trinajstić information content (AvgIpc) is 3.00. The summed E-state index contributed by atoms with van der Waals surface area (Å²) >= 11 is 12.0. The Morgan fingerprint density at radius 2 is 1.96 bits per heavy atom. The fourth-order valence-corrected chi connectivity index (χ4v) is 2.77. The Morgan fingerprint density at radius 1 is 1.19 bits per heavy atom. The third kappa shape index (κ3) is 3.68. The van der Waals surface area contributed by atoms with Crippen LogP contribution in [0.25, 0.3) is 16.9 Å². The van der Waals surface area contributed by atoms with Gasteiger partial charge < -0.3 is 5.11 Å². The van der Waals surface area contributed by atoms with Crippen molar-refractivity contribution in [3.63, 3.8) is 0 Å². The number of carboxylic acids is 1. The van der Waals surface area contributed by atoms with Gasteiger partial charge in [0.2, 0.25) is 0 Å². The number of hydrogen-bond acceptors (Lipinski definition) is 4. The molecule has 3 rings (SSSR count). The zero-order chi connectivity index (χ0) is 18.8. The second-order valence-electron chi connectivity index (χ2n) is 5.42. The Kier molecular flexibility index (Phi) is 4.92. The summed E-state index contributed by atoms with van der Waals surface area (Å²) in [5.74, 6) is -1.02. The summed E-state index contributed by atoms with van der Waals surface area (Å²) in [5.41, 5.74) is 1.81. The average molecular weight is 392 g/mol. The number of non-ortho nitro benzene ring substituents is 1. The number of nitrogens with zero attached hydrogens (tertiary/aromatic N) is 3. The van der Waals surface area contributed by atoms with Crippen LogP contribution in [0.2, 0.25) is 10.0 Å². The molecule has 0 aliphatic rings. The van der Waals surface area contributed by atoms with Crippen LogP contribution in [0, 0.1) is 10.1 Å². The summed E-state index contributed by atoms with van der Waals surface area (Å²) in [6, 6.07) is 10.8. The Morgan fingerprint density at radius 3 is 2.62 bits per heavy atom. The van der Waals surface area contributed by atoms with E-state index in [2.05, 4.69) is 5.10 Å². The lowest BCUT2D eigenvalue weighted by Crippen LogP contribution is -2.00. The quantitative estimate of drug-likeness (QED) is 0.513. The molecule has 0 fully saturated rings. The molecule has 1 aromatic heterocycles. The Hall–Kier alpha value is -2.90. The maximum Gasteiger partial charge on any atom is 0.307 e. The molecule has 0 saturated carbocycles. The van der Waals surface area contributed by atoms with Crippen LogP contribution in [0.5, 0.6) is 0 Å². The van der Waals surface area contributed by atoms with Crippen LogP contribution in [0.4, 0.5) is 5.69 Å². The lowest BCUT2D eigenvalue weighted by atomic mass is 10.1. The fraction of sp³-hybridized carbons (Fsp3) is 0.0588. The van der Waals surface area contributed by atoms with Gasteiger partial charge >= 0.3 is 5.97 Å². The van der Waals surface area contributed by atoms with Crippen LogP contribution in [0.1, 0.15) is 5.56 Å². The Labute approximate surface area is 157 Å². The van der Waals surface area contributed by atoms with E-state index in [0.717, 1.165) is 0 Å². The van der Waals surface area contributed by atoms with Crippen molar-refractivity contribution in [2.24, 2.45) is 0 Å². The highest BCUT2D eigenvalue weighted by Crippen LogP contribution is 2.30. The first-order chi connectivity index (χ1) is 12.3. The molecule has 0 atom stereocenters. The second kappa shape index (κ2) is 7.15. The van der Waals surface area contributed by atoms with Crippen LogP contribution in [-0.4, -0.2) is 25.8 Å². The minimum atomic E-state index is -1.02. The molecule has 0 spiro atoms. The summed E-state index contributed by atoms with van der Waals surface area (Å²) in [7, 11) is 0. The van der Waals surface area contributed by atoms with Crippen LogP contribution in [0.3, 0.4) is 0 Å². The molecule has 3 aromatic rings. The van der Waals surface area contributed by atoms with Crippen LogP contribution < -0.4 is 0 Å². The SMILES string of the molecule is O=C(O)Cc1cn(-c2cccc([N+](=O)[O-])c2)nc1-c1ccc(Cl)c(Cl)c1. The number of halogens is 2. The molecular formula is C17H11Cl2N3O4. The number of nitro benzene ring substituents is 1. The second-order valence-corrected chi connectivity index (χ2v) is 6.24. The van der Waals surface area contributed by atoms with Crippen molar-refractivity contribution in [1.82, 2.24) is 9.78 Å². The van der Waals surface area contributed by atoms with Gasteiger partial charge in [-0.1, -0.05) is 35.3 Å². The Bertz CT molecular complexity index is 1020. The van der Waals surface area contributed by atoms with E-state index in [9.17, 15) is 14.9 Å². The van der Waals surface area contributed by atoms with Gasteiger partial charge in [0.25, 0.3) is 5.69 Å². The minimum Gasteiger partial charge on any atom is -0.481 e. The van der Waals surface area contributed by atoms with Gasteiger partial charge in [-0.05, 0) is 18.2 Å². The number of nitro groups is 1. The molecule has 1 heterocycles. The summed E-state index contributed by atoms with van der Waals surface area (Å²) in [6.07, 6.45) is 1.27. The molecule has 7 nitrogen and oxygen atoms in total. The van der Waals surface area contributed by atoms with Gasteiger partial charge in [0.05, 0.1) is 32.8 Å². The first-order valence-electron chi connectivity index (χ1n) is 7.36. The van der Waals surface area contributed by atoms with E-state index < -0.39 is 10.9 Å². The topological polar surface area (TPSA) is 98.3 Å². The first kappa shape index (κ1) is 17.9. The van der Waals surface area contributed by atoms with Crippen LogP contribution in [0.15, 0.2) is 48.7 Å². The smallest absolute Gasteiger partial charge is 0.307 e. The maximum absolute atomic E-state index is 11.2. The lowest BCUT2D eigenvalue weighted by molar-refractivity contribution is -0.384. The predicted octanol–water partition coefficient (Wildman–Crippen LogP) is 4.38. The molecule has 1 N–H and O–H groups in total. The molecule has 9 heteroatoms. The number of benzene rings is 2. The standard InChI is InChI=1S/C17H11Cl2N3O4/c18-14-5-4-10(6-15(14)19)17-11(7-16(23)24)9-21(20-17)12-2-1-3-13(8-12)22(25)26/h1-6,8-9H,7H2,(H,23,24). The summed E-state index contributed by atoms with van der Waals surface area (Å²) in [6.45, 7) is 0. The van der Waals surface area contributed by atoms with Gasteiger partial charge in [-0.25, -0.2) is 4.68 Å². The van der Waals surface area contributed by atoms with Crippen LogP contribution in [-0.2, 0) is 11.2 Å². The molecule has 0 saturated heterocycles. The highest BCUT2D eigenvalue weighted by atomic mass is 35.5. The highest BCUT2D eigenvalue weighted by molar-refractivity contribution is 6.42. The van der Waals surface area contributed by atoms with Crippen molar-refractivity contribution in [2.75, 3.05) is 0 Å².